The molecule has 0 fully saturated rings. The van der Waals surface area contributed by atoms with Gasteiger partial charge in [0.1, 0.15) is 16.6 Å². The highest BCUT2D eigenvalue weighted by atomic mass is 32.1. The molecular weight excluding hydrogens is 378 g/mol. The minimum absolute atomic E-state index is 0.0392. The first kappa shape index (κ1) is 18.0. The Morgan fingerprint density at radius 2 is 1.46 bits per heavy atom. The molecule has 0 aliphatic heterocycles. The van der Waals surface area contributed by atoms with E-state index in [0.29, 0.717) is 27.5 Å². The number of carbonyl (C=O) groups is 1. The largest absolute Gasteiger partial charge is 0.321 e. The standard InChI is InChI=1S/C22H14F2N2OS/c23-17-10-4-1-7-14(17)21(27)25-19-12-6-3-9-16(19)20-13-28-22(26-20)15-8-2-5-11-18(15)24/h1-13H,(H,25,27). The van der Waals surface area contributed by atoms with Crippen molar-refractivity contribution in [2.75, 3.05) is 5.32 Å². The van der Waals surface area contributed by atoms with Crippen molar-refractivity contribution in [2.45, 2.75) is 0 Å². The average molecular weight is 392 g/mol. The highest BCUT2D eigenvalue weighted by molar-refractivity contribution is 7.13. The van der Waals surface area contributed by atoms with Crippen LogP contribution in [0.25, 0.3) is 21.8 Å². The summed E-state index contributed by atoms with van der Waals surface area (Å²) in [5.41, 5.74) is 2.16. The molecule has 4 aromatic rings. The van der Waals surface area contributed by atoms with Crippen LogP contribution in [0.3, 0.4) is 0 Å². The zero-order valence-corrected chi connectivity index (χ0v) is 15.3. The summed E-state index contributed by atoms with van der Waals surface area (Å²) in [5, 5.41) is 5.08. The molecule has 4 rings (SSSR count). The number of carbonyl (C=O) groups excluding carboxylic acids is 1. The second-order valence-corrected chi connectivity index (χ2v) is 6.86. The van der Waals surface area contributed by atoms with E-state index in [2.05, 4.69) is 10.3 Å². The van der Waals surface area contributed by atoms with Gasteiger partial charge < -0.3 is 5.32 Å². The van der Waals surface area contributed by atoms with Crippen molar-refractivity contribution in [3.8, 4) is 21.8 Å². The van der Waals surface area contributed by atoms with Gasteiger partial charge in [-0.2, -0.15) is 0 Å². The van der Waals surface area contributed by atoms with E-state index in [1.54, 1.807) is 47.8 Å². The number of nitrogens with one attached hydrogen (secondary N) is 1. The molecule has 1 aromatic heterocycles. The van der Waals surface area contributed by atoms with Gasteiger partial charge in [-0.05, 0) is 30.3 Å². The first-order valence-electron chi connectivity index (χ1n) is 8.49. The van der Waals surface area contributed by atoms with Crippen LogP contribution in [0.2, 0.25) is 0 Å². The molecule has 6 heteroatoms. The lowest BCUT2D eigenvalue weighted by atomic mass is 10.1. The van der Waals surface area contributed by atoms with Crippen LogP contribution >= 0.6 is 11.3 Å². The first-order valence-corrected chi connectivity index (χ1v) is 9.37. The molecule has 28 heavy (non-hydrogen) atoms. The number of amides is 1. The molecule has 138 valence electrons. The van der Waals surface area contributed by atoms with Crippen LogP contribution in [0, 0.1) is 11.6 Å². The number of thiazole rings is 1. The van der Waals surface area contributed by atoms with Gasteiger partial charge in [-0.1, -0.05) is 42.5 Å². The molecule has 3 aromatic carbocycles. The molecule has 0 unspecified atom stereocenters. The molecule has 0 aliphatic rings. The maximum absolute atomic E-state index is 14.0. The topological polar surface area (TPSA) is 42.0 Å². The van der Waals surface area contributed by atoms with Crippen LogP contribution in [0.4, 0.5) is 14.5 Å². The van der Waals surface area contributed by atoms with Gasteiger partial charge in [-0.25, -0.2) is 13.8 Å². The average Bonchev–Trinajstić information content (AvgIpc) is 3.19. The summed E-state index contributed by atoms with van der Waals surface area (Å²) in [6.07, 6.45) is 0. The highest BCUT2D eigenvalue weighted by Gasteiger charge is 2.16. The van der Waals surface area contributed by atoms with Crippen molar-refractivity contribution in [1.29, 1.82) is 0 Å². The third kappa shape index (κ3) is 3.54. The lowest BCUT2D eigenvalue weighted by molar-refractivity contribution is 0.102. The lowest BCUT2D eigenvalue weighted by Gasteiger charge is -2.10. The third-order valence-corrected chi connectivity index (χ3v) is 5.05. The van der Waals surface area contributed by atoms with E-state index in [9.17, 15) is 13.6 Å². The number of hydrogen-bond acceptors (Lipinski definition) is 3. The fourth-order valence-electron chi connectivity index (χ4n) is 2.81. The number of rotatable bonds is 4. The van der Waals surface area contributed by atoms with Crippen LogP contribution < -0.4 is 5.32 Å². The molecule has 0 radical (unpaired) electrons. The molecule has 0 spiro atoms. The minimum atomic E-state index is -0.590. The highest BCUT2D eigenvalue weighted by Crippen LogP contribution is 2.33. The molecule has 3 nitrogen and oxygen atoms in total. The Kier molecular flexibility index (Phi) is 4.95. The Labute approximate surface area is 164 Å². The van der Waals surface area contributed by atoms with Crippen molar-refractivity contribution in [3.05, 3.63) is 95.4 Å². The van der Waals surface area contributed by atoms with Crippen LogP contribution in [0.5, 0.6) is 0 Å². The van der Waals surface area contributed by atoms with Crippen LogP contribution in [-0.4, -0.2) is 10.9 Å². The molecule has 1 amide bonds. The maximum atomic E-state index is 14.0. The smallest absolute Gasteiger partial charge is 0.258 e. The lowest BCUT2D eigenvalue weighted by Crippen LogP contribution is -2.14. The van der Waals surface area contributed by atoms with Gasteiger partial charge in [0.2, 0.25) is 0 Å². The monoisotopic (exact) mass is 392 g/mol. The second kappa shape index (κ2) is 7.70. The number of nitrogens with zero attached hydrogens (tertiary/aromatic N) is 1. The van der Waals surface area contributed by atoms with E-state index in [1.807, 2.05) is 6.07 Å². The number of benzene rings is 3. The van der Waals surface area contributed by atoms with Gasteiger partial charge in [0.05, 0.1) is 16.9 Å². The Balaban J connectivity index is 1.67. The Morgan fingerprint density at radius 1 is 0.821 bits per heavy atom. The van der Waals surface area contributed by atoms with Crippen LogP contribution in [0.15, 0.2) is 78.2 Å². The quantitative estimate of drug-likeness (QED) is 0.462. The van der Waals surface area contributed by atoms with Crippen molar-refractivity contribution in [2.24, 2.45) is 0 Å². The zero-order chi connectivity index (χ0) is 19.5. The Hall–Kier alpha value is -3.38. The molecule has 0 saturated carbocycles. The number of anilines is 1. The maximum Gasteiger partial charge on any atom is 0.258 e. The van der Waals surface area contributed by atoms with Crippen molar-refractivity contribution < 1.29 is 13.6 Å². The van der Waals surface area contributed by atoms with E-state index >= 15 is 0 Å². The van der Waals surface area contributed by atoms with Crippen molar-refractivity contribution in [3.63, 3.8) is 0 Å². The fourth-order valence-corrected chi connectivity index (χ4v) is 3.65. The van der Waals surface area contributed by atoms with E-state index < -0.39 is 11.7 Å². The van der Waals surface area contributed by atoms with E-state index in [0.717, 1.165) is 0 Å². The SMILES string of the molecule is O=C(Nc1ccccc1-c1csc(-c2ccccc2F)n1)c1ccccc1F. The molecule has 0 bridgehead atoms. The molecule has 1 N–H and O–H groups in total. The van der Waals surface area contributed by atoms with Gasteiger partial charge in [0, 0.05) is 16.5 Å². The van der Waals surface area contributed by atoms with Gasteiger partial charge in [-0.3, -0.25) is 4.79 Å². The number of hydrogen-bond donors (Lipinski definition) is 1. The summed E-state index contributed by atoms with van der Waals surface area (Å²) < 4.78 is 27.9. The van der Waals surface area contributed by atoms with Crippen LogP contribution in [0.1, 0.15) is 10.4 Å². The van der Waals surface area contributed by atoms with Gasteiger partial charge in [0.25, 0.3) is 5.91 Å². The number of aromatic nitrogens is 1. The van der Waals surface area contributed by atoms with E-state index in [1.165, 1.54) is 35.6 Å². The summed E-state index contributed by atoms with van der Waals surface area (Å²) >= 11 is 1.31. The predicted molar refractivity (Wildman–Crippen MR) is 107 cm³/mol. The third-order valence-electron chi connectivity index (χ3n) is 4.18. The molecule has 0 atom stereocenters. The Bertz CT molecular complexity index is 1160. The van der Waals surface area contributed by atoms with Gasteiger partial charge >= 0.3 is 0 Å². The van der Waals surface area contributed by atoms with E-state index in [4.69, 9.17) is 0 Å². The van der Waals surface area contributed by atoms with Crippen molar-refractivity contribution >= 4 is 22.9 Å². The fraction of sp³-hybridized carbons (Fsp3) is 0. The van der Waals surface area contributed by atoms with Crippen molar-refractivity contribution in [1.82, 2.24) is 4.98 Å². The van der Waals surface area contributed by atoms with E-state index in [-0.39, 0.29) is 11.4 Å². The van der Waals surface area contributed by atoms with Gasteiger partial charge in [0.15, 0.2) is 0 Å². The molecular formula is C22H14F2N2OS. The number of para-hydroxylation sites is 1. The summed E-state index contributed by atoms with van der Waals surface area (Å²) in [4.78, 5) is 17.0. The summed E-state index contributed by atoms with van der Waals surface area (Å²) in [6, 6.07) is 19.3. The summed E-state index contributed by atoms with van der Waals surface area (Å²) in [6.45, 7) is 0. The second-order valence-electron chi connectivity index (χ2n) is 6.00. The number of halogens is 2. The van der Waals surface area contributed by atoms with Gasteiger partial charge in [-0.15, -0.1) is 11.3 Å². The first-order chi connectivity index (χ1) is 13.6. The zero-order valence-electron chi connectivity index (χ0n) is 14.5. The minimum Gasteiger partial charge on any atom is -0.321 e. The molecule has 0 saturated heterocycles. The van der Waals surface area contributed by atoms with Crippen LogP contribution in [-0.2, 0) is 0 Å². The molecule has 1 heterocycles. The Morgan fingerprint density at radius 3 is 2.21 bits per heavy atom. The predicted octanol–water partition coefficient (Wildman–Crippen LogP) is 6.01. The summed E-state index contributed by atoms with van der Waals surface area (Å²) in [5.74, 6) is -1.48. The molecule has 0 aliphatic carbocycles. The normalized spacial score (nSPS) is 10.6. The summed E-state index contributed by atoms with van der Waals surface area (Å²) in [7, 11) is 0.